The Morgan fingerprint density at radius 2 is 2.05 bits per heavy atom. The third-order valence-electron chi connectivity index (χ3n) is 3.47. The van der Waals surface area contributed by atoms with Crippen molar-refractivity contribution in [1.82, 2.24) is 14.8 Å². The summed E-state index contributed by atoms with van der Waals surface area (Å²) in [5, 5.41) is 19.8. The summed E-state index contributed by atoms with van der Waals surface area (Å²) < 4.78 is 0. The first kappa shape index (κ1) is 16.5. The smallest absolute Gasteiger partial charge is 0.407 e. The molecule has 22 heavy (non-hydrogen) atoms. The number of hydrogen-bond donors (Lipinski definition) is 2. The van der Waals surface area contributed by atoms with Gasteiger partial charge in [0.1, 0.15) is 10.0 Å². The molecule has 0 spiro atoms. The van der Waals surface area contributed by atoms with Gasteiger partial charge < -0.3 is 24.9 Å². The molecule has 0 saturated carbocycles. The highest BCUT2D eigenvalue weighted by molar-refractivity contribution is 7.16. The van der Waals surface area contributed by atoms with Gasteiger partial charge in [-0.05, 0) is 21.0 Å². The van der Waals surface area contributed by atoms with Crippen molar-refractivity contribution in [1.29, 1.82) is 0 Å². The Morgan fingerprint density at radius 3 is 2.55 bits per heavy atom. The summed E-state index contributed by atoms with van der Waals surface area (Å²) in [5.74, 6) is -1.05. The van der Waals surface area contributed by atoms with E-state index in [-0.39, 0.29) is 11.7 Å². The van der Waals surface area contributed by atoms with Gasteiger partial charge in [-0.3, -0.25) is 0 Å². The second-order valence-corrected chi connectivity index (χ2v) is 6.64. The Morgan fingerprint density at radius 1 is 1.36 bits per heavy atom. The fraction of sp³-hybridized carbons (Fsp3) is 0.615. The molecule has 122 valence electrons. The Bertz CT molecular complexity index is 574. The molecule has 0 radical (unpaired) electrons. The number of aromatic carboxylic acids is 1. The largest absolute Gasteiger partial charge is 0.476 e. The lowest BCUT2D eigenvalue weighted by Gasteiger charge is -2.38. The number of aromatic nitrogens is 1. The zero-order valence-electron chi connectivity index (χ0n) is 12.8. The third kappa shape index (κ3) is 3.47. The molecule has 0 aromatic carbocycles. The van der Waals surface area contributed by atoms with Crippen LogP contribution in [0.4, 0.5) is 9.80 Å². The van der Waals surface area contributed by atoms with Crippen LogP contribution >= 0.6 is 11.3 Å². The molecule has 1 fully saturated rings. The summed E-state index contributed by atoms with van der Waals surface area (Å²) in [6, 6.07) is -0.188. The first-order valence-electron chi connectivity index (χ1n) is 6.91. The van der Waals surface area contributed by atoms with E-state index in [9.17, 15) is 14.7 Å². The molecule has 0 bridgehead atoms. The maximum Gasteiger partial charge on any atom is 0.407 e. The average Bonchev–Trinajstić information content (AvgIpc) is 2.81. The molecule has 8 nitrogen and oxygen atoms in total. The van der Waals surface area contributed by atoms with Crippen molar-refractivity contribution in [3.63, 3.8) is 0 Å². The van der Waals surface area contributed by atoms with Crippen LogP contribution in [0.25, 0.3) is 0 Å². The molecule has 1 amide bonds. The van der Waals surface area contributed by atoms with Crippen molar-refractivity contribution in [2.45, 2.75) is 19.5 Å². The number of rotatable bonds is 4. The maximum absolute atomic E-state index is 11.4. The average molecular weight is 328 g/mol. The Hall–Kier alpha value is -1.87. The molecule has 2 heterocycles. The van der Waals surface area contributed by atoms with Gasteiger partial charge in [-0.25, -0.2) is 14.6 Å². The standard InChI is InChI=1S/C13H20N4O4S/c1-8-6-16(4-5-17(8)13(20)21)11-10(12(18)19)14-9(22-11)7-15(2)3/h8H,4-7H2,1-3H3,(H,18,19)(H,20,21)/t8-/m1/s1. The van der Waals surface area contributed by atoms with Gasteiger partial charge in [-0.2, -0.15) is 0 Å². The van der Waals surface area contributed by atoms with Gasteiger partial charge in [-0.1, -0.05) is 11.3 Å². The highest BCUT2D eigenvalue weighted by Crippen LogP contribution is 2.31. The number of carbonyl (C=O) groups is 2. The lowest BCUT2D eigenvalue weighted by Crippen LogP contribution is -2.53. The first-order valence-corrected chi connectivity index (χ1v) is 7.73. The van der Waals surface area contributed by atoms with Crippen LogP contribution in [0.15, 0.2) is 0 Å². The summed E-state index contributed by atoms with van der Waals surface area (Å²) in [7, 11) is 3.80. The molecule has 2 N–H and O–H groups in total. The predicted molar refractivity (Wildman–Crippen MR) is 82.9 cm³/mol. The van der Waals surface area contributed by atoms with Crippen molar-refractivity contribution in [2.24, 2.45) is 0 Å². The molecule has 9 heteroatoms. The van der Waals surface area contributed by atoms with Crippen molar-refractivity contribution < 1.29 is 19.8 Å². The normalized spacial score (nSPS) is 18.8. The number of carboxylic acids is 1. The van der Waals surface area contributed by atoms with Gasteiger partial charge in [-0.15, -0.1) is 0 Å². The van der Waals surface area contributed by atoms with Gasteiger partial charge >= 0.3 is 12.1 Å². The summed E-state index contributed by atoms with van der Waals surface area (Å²) in [6.45, 7) is 3.70. The number of piperazine rings is 1. The van der Waals surface area contributed by atoms with E-state index in [0.29, 0.717) is 31.2 Å². The van der Waals surface area contributed by atoms with Crippen LogP contribution in [-0.2, 0) is 6.54 Å². The minimum Gasteiger partial charge on any atom is -0.476 e. The van der Waals surface area contributed by atoms with Gasteiger partial charge in [0.25, 0.3) is 0 Å². The molecular weight excluding hydrogens is 308 g/mol. The molecule has 2 rings (SSSR count). The molecule has 0 aliphatic carbocycles. The topological polar surface area (TPSA) is 97.2 Å². The Kier molecular flexibility index (Phi) is 4.87. The van der Waals surface area contributed by atoms with E-state index in [1.807, 2.05) is 30.8 Å². The quantitative estimate of drug-likeness (QED) is 0.854. The number of amides is 1. The number of thiazole rings is 1. The molecule has 1 aliphatic heterocycles. The van der Waals surface area contributed by atoms with Gasteiger partial charge in [0.05, 0.1) is 0 Å². The highest BCUT2D eigenvalue weighted by Gasteiger charge is 2.31. The zero-order valence-corrected chi connectivity index (χ0v) is 13.6. The summed E-state index contributed by atoms with van der Waals surface area (Å²) in [6.07, 6.45) is -0.941. The lowest BCUT2D eigenvalue weighted by atomic mass is 10.2. The minimum absolute atomic E-state index is 0.0535. The Labute approximate surface area is 132 Å². The zero-order chi connectivity index (χ0) is 16.4. The fourth-order valence-corrected chi connectivity index (χ4v) is 3.68. The van der Waals surface area contributed by atoms with Crippen LogP contribution in [0.3, 0.4) is 0 Å². The molecule has 1 atom stereocenters. The Balaban J connectivity index is 2.23. The third-order valence-corrected chi connectivity index (χ3v) is 4.57. The number of nitrogens with zero attached hydrogens (tertiary/aromatic N) is 4. The van der Waals surface area contributed by atoms with Gasteiger partial charge in [0, 0.05) is 32.2 Å². The highest BCUT2D eigenvalue weighted by atomic mass is 32.1. The van der Waals surface area contributed by atoms with E-state index in [0.717, 1.165) is 5.01 Å². The first-order chi connectivity index (χ1) is 10.3. The second-order valence-electron chi connectivity index (χ2n) is 5.58. The van der Waals surface area contributed by atoms with Crippen LogP contribution < -0.4 is 4.90 Å². The van der Waals surface area contributed by atoms with E-state index in [1.165, 1.54) is 16.2 Å². The molecule has 1 saturated heterocycles. The van der Waals surface area contributed by atoms with E-state index in [1.54, 1.807) is 0 Å². The SMILES string of the molecule is C[C@@H]1CN(c2sc(CN(C)C)nc2C(=O)O)CCN1C(=O)O. The van der Waals surface area contributed by atoms with Gasteiger partial charge in [0.2, 0.25) is 0 Å². The van der Waals surface area contributed by atoms with E-state index in [4.69, 9.17) is 5.11 Å². The molecule has 1 aromatic heterocycles. The lowest BCUT2D eigenvalue weighted by molar-refractivity contribution is 0.0690. The van der Waals surface area contributed by atoms with Crippen LogP contribution in [0.2, 0.25) is 0 Å². The predicted octanol–water partition coefficient (Wildman–Crippen LogP) is 1.09. The molecule has 1 aromatic rings. The van der Waals surface area contributed by atoms with Crippen molar-refractivity contribution in [3.8, 4) is 0 Å². The van der Waals surface area contributed by atoms with Crippen LogP contribution in [0.1, 0.15) is 22.4 Å². The summed E-state index contributed by atoms with van der Waals surface area (Å²) in [4.78, 5) is 32.0. The molecular formula is C13H20N4O4S. The molecule has 1 aliphatic rings. The summed E-state index contributed by atoms with van der Waals surface area (Å²) >= 11 is 1.36. The van der Waals surface area contributed by atoms with Crippen molar-refractivity contribution >= 4 is 28.4 Å². The fourth-order valence-electron chi connectivity index (χ4n) is 2.47. The van der Waals surface area contributed by atoms with E-state index >= 15 is 0 Å². The number of carboxylic acid groups (broad SMARTS) is 2. The van der Waals surface area contributed by atoms with Crippen LogP contribution in [0.5, 0.6) is 0 Å². The number of anilines is 1. The monoisotopic (exact) mass is 328 g/mol. The number of hydrogen-bond acceptors (Lipinski definition) is 6. The van der Waals surface area contributed by atoms with Crippen LogP contribution in [-0.4, -0.2) is 76.8 Å². The van der Waals surface area contributed by atoms with Crippen molar-refractivity contribution in [2.75, 3.05) is 38.6 Å². The van der Waals surface area contributed by atoms with Crippen LogP contribution in [0, 0.1) is 0 Å². The second kappa shape index (κ2) is 6.49. The van der Waals surface area contributed by atoms with Gasteiger partial charge in [0.15, 0.2) is 5.69 Å². The molecule has 0 unspecified atom stereocenters. The van der Waals surface area contributed by atoms with E-state index in [2.05, 4.69) is 4.98 Å². The summed E-state index contributed by atoms with van der Waals surface area (Å²) in [5.41, 5.74) is 0.0535. The van der Waals surface area contributed by atoms with Crippen molar-refractivity contribution in [3.05, 3.63) is 10.7 Å². The van der Waals surface area contributed by atoms with E-state index < -0.39 is 12.1 Å². The maximum atomic E-state index is 11.4. The minimum atomic E-state index is -1.05.